The summed E-state index contributed by atoms with van der Waals surface area (Å²) in [6, 6.07) is 9.44. The molecule has 1 fully saturated rings. The molecular formula is C21H29IN4O4. The van der Waals surface area contributed by atoms with E-state index in [9.17, 15) is 4.79 Å². The lowest BCUT2D eigenvalue weighted by Crippen LogP contribution is -2.36. The number of carbonyl (C=O) groups excluding carboxylic acids is 1. The topological polar surface area (TPSA) is 111 Å². The number of guanidine groups is 1. The van der Waals surface area contributed by atoms with E-state index in [1.165, 1.54) is 0 Å². The number of primary amides is 1. The molecule has 30 heavy (non-hydrogen) atoms. The van der Waals surface area contributed by atoms with Gasteiger partial charge in [0.05, 0.1) is 19.8 Å². The molecule has 2 aromatic rings. The molecule has 9 heteroatoms. The second-order valence-electron chi connectivity index (χ2n) is 7.06. The fraction of sp³-hybridized carbons (Fsp3) is 0.429. The minimum Gasteiger partial charge on any atom is -0.493 e. The number of aryl methyl sites for hydroxylation is 1. The van der Waals surface area contributed by atoms with E-state index in [1.807, 2.05) is 6.92 Å². The molecule has 1 unspecified atom stereocenters. The number of carbonyl (C=O) groups is 1. The van der Waals surface area contributed by atoms with E-state index in [0.29, 0.717) is 37.3 Å². The summed E-state index contributed by atoms with van der Waals surface area (Å²) in [5, 5.41) is 6.43. The van der Waals surface area contributed by atoms with Crippen LogP contribution < -0.4 is 21.1 Å². The van der Waals surface area contributed by atoms with Gasteiger partial charge >= 0.3 is 0 Å². The Labute approximate surface area is 193 Å². The monoisotopic (exact) mass is 528 g/mol. The quantitative estimate of drug-likeness (QED) is 0.276. The van der Waals surface area contributed by atoms with E-state index < -0.39 is 5.91 Å². The molecule has 1 saturated heterocycles. The molecule has 8 nitrogen and oxygen atoms in total. The van der Waals surface area contributed by atoms with Gasteiger partial charge in [-0.2, -0.15) is 0 Å². The standard InChI is InChI=1S/C21H28N4O4.HI/c1-14-3-4-16(19(9-14)28-13-15-7-8-27-12-15)10-24-21(23-2)25-11-17-5-6-18(29-17)20(22)26;/h3-6,9,15H,7-8,10-13H2,1-2H3,(H2,22,26)(H2,23,24,25);1H. The number of ether oxygens (including phenoxy) is 2. The van der Waals surface area contributed by atoms with Crippen molar-refractivity contribution in [2.24, 2.45) is 16.6 Å². The lowest BCUT2D eigenvalue weighted by molar-refractivity contribution is 0.0972. The highest BCUT2D eigenvalue weighted by Crippen LogP contribution is 2.22. The van der Waals surface area contributed by atoms with E-state index in [1.54, 1.807) is 19.2 Å². The number of halogens is 1. The molecule has 1 amide bonds. The lowest BCUT2D eigenvalue weighted by Gasteiger charge is -2.16. The third-order valence-electron chi connectivity index (χ3n) is 4.73. The van der Waals surface area contributed by atoms with Crippen molar-refractivity contribution in [1.29, 1.82) is 0 Å². The molecule has 0 aliphatic carbocycles. The van der Waals surface area contributed by atoms with Gasteiger partial charge in [0.2, 0.25) is 0 Å². The summed E-state index contributed by atoms with van der Waals surface area (Å²) in [5.41, 5.74) is 7.40. The molecular weight excluding hydrogens is 499 g/mol. The Morgan fingerprint density at radius 3 is 2.73 bits per heavy atom. The van der Waals surface area contributed by atoms with Crippen LogP contribution in [0.2, 0.25) is 0 Å². The summed E-state index contributed by atoms with van der Waals surface area (Å²) < 4.78 is 16.9. The molecule has 0 saturated carbocycles. The number of aliphatic imine (C=N–C) groups is 1. The first kappa shape index (κ1) is 24.0. The van der Waals surface area contributed by atoms with Crippen LogP contribution in [-0.4, -0.2) is 38.7 Å². The van der Waals surface area contributed by atoms with Gasteiger partial charge in [0.15, 0.2) is 11.7 Å². The average molecular weight is 528 g/mol. The van der Waals surface area contributed by atoms with Crippen molar-refractivity contribution < 1.29 is 18.7 Å². The van der Waals surface area contributed by atoms with Gasteiger partial charge < -0.3 is 30.3 Å². The van der Waals surface area contributed by atoms with Crippen molar-refractivity contribution in [2.75, 3.05) is 26.9 Å². The van der Waals surface area contributed by atoms with Crippen molar-refractivity contribution in [1.82, 2.24) is 10.6 Å². The summed E-state index contributed by atoms with van der Waals surface area (Å²) >= 11 is 0. The summed E-state index contributed by atoms with van der Waals surface area (Å²) in [6.45, 7) is 5.22. The Kier molecular flexibility index (Phi) is 9.44. The molecule has 2 heterocycles. The highest BCUT2D eigenvalue weighted by molar-refractivity contribution is 14.0. The minimum absolute atomic E-state index is 0. The second kappa shape index (κ2) is 11.8. The van der Waals surface area contributed by atoms with E-state index in [2.05, 4.69) is 33.8 Å². The maximum Gasteiger partial charge on any atom is 0.284 e. The van der Waals surface area contributed by atoms with E-state index in [-0.39, 0.29) is 29.7 Å². The first-order valence-corrected chi connectivity index (χ1v) is 9.68. The molecule has 0 bridgehead atoms. The van der Waals surface area contributed by atoms with Gasteiger partial charge in [0.1, 0.15) is 11.5 Å². The molecule has 0 radical (unpaired) electrons. The Morgan fingerprint density at radius 1 is 1.27 bits per heavy atom. The van der Waals surface area contributed by atoms with Crippen LogP contribution in [-0.2, 0) is 17.8 Å². The van der Waals surface area contributed by atoms with Gasteiger partial charge in [-0.15, -0.1) is 24.0 Å². The maximum atomic E-state index is 11.1. The minimum atomic E-state index is -0.588. The van der Waals surface area contributed by atoms with Crippen LogP contribution in [0.15, 0.2) is 39.7 Å². The zero-order valence-corrected chi connectivity index (χ0v) is 19.6. The summed E-state index contributed by atoms with van der Waals surface area (Å²) in [6.07, 6.45) is 1.04. The van der Waals surface area contributed by atoms with E-state index in [4.69, 9.17) is 19.6 Å². The normalized spacial score (nSPS) is 16.1. The van der Waals surface area contributed by atoms with Crippen LogP contribution in [0, 0.1) is 12.8 Å². The Balaban J connectivity index is 0.00000320. The third-order valence-corrected chi connectivity index (χ3v) is 4.73. The number of amides is 1. The van der Waals surface area contributed by atoms with Gasteiger partial charge in [-0.1, -0.05) is 12.1 Å². The number of nitrogens with zero attached hydrogens (tertiary/aromatic N) is 1. The van der Waals surface area contributed by atoms with Crippen LogP contribution in [0.4, 0.5) is 0 Å². The zero-order valence-electron chi connectivity index (χ0n) is 17.3. The lowest BCUT2D eigenvalue weighted by atomic mass is 10.1. The molecule has 0 spiro atoms. The third kappa shape index (κ3) is 6.91. The van der Waals surface area contributed by atoms with Crippen molar-refractivity contribution >= 4 is 35.8 Å². The highest BCUT2D eigenvalue weighted by atomic mass is 127. The van der Waals surface area contributed by atoms with Gasteiger partial charge in [-0.3, -0.25) is 9.79 Å². The number of rotatable bonds is 8. The van der Waals surface area contributed by atoms with Crippen LogP contribution >= 0.6 is 24.0 Å². The van der Waals surface area contributed by atoms with Crippen LogP contribution in [0.1, 0.15) is 33.9 Å². The summed E-state index contributed by atoms with van der Waals surface area (Å²) in [5.74, 6) is 2.08. The highest BCUT2D eigenvalue weighted by Gasteiger charge is 2.17. The Bertz CT molecular complexity index is 862. The van der Waals surface area contributed by atoms with Crippen molar-refractivity contribution in [3.8, 4) is 5.75 Å². The van der Waals surface area contributed by atoms with Gasteiger partial charge in [-0.05, 0) is 37.1 Å². The smallest absolute Gasteiger partial charge is 0.284 e. The van der Waals surface area contributed by atoms with Crippen LogP contribution in [0.25, 0.3) is 0 Å². The van der Waals surface area contributed by atoms with Crippen molar-refractivity contribution in [3.05, 3.63) is 53.0 Å². The number of nitrogens with two attached hydrogens (primary N) is 1. The maximum absolute atomic E-state index is 11.1. The molecule has 164 valence electrons. The van der Waals surface area contributed by atoms with Crippen LogP contribution in [0.5, 0.6) is 5.75 Å². The largest absolute Gasteiger partial charge is 0.493 e. The number of hydrogen-bond donors (Lipinski definition) is 3. The molecule has 1 aliphatic rings. The predicted octanol–water partition coefficient (Wildman–Crippen LogP) is 2.59. The van der Waals surface area contributed by atoms with Gasteiger partial charge in [0.25, 0.3) is 5.91 Å². The molecule has 1 aliphatic heterocycles. The first-order valence-electron chi connectivity index (χ1n) is 9.68. The molecule has 4 N–H and O–H groups in total. The second-order valence-corrected chi connectivity index (χ2v) is 7.06. The molecule has 1 aromatic carbocycles. The summed E-state index contributed by atoms with van der Waals surface area (Å²) in [4.78, 5) is 15.3. The number of benzene rings is 1. The van der Waals surface area contributed by atoms with E-state index in [0.717, 1.165) is 36.5 Å². The van der Waals surface area contributed by atoms with Crippen LogP contribution in [0.3, 0.4) is 0 Å². The number of nitrogens with one attached hydrogen (secondary N) is 2. The molecule has 3 rings (SSSR count). The van der Waals surface area contributed by atoms with E-state index >= 15 is 0 Å². The first-order chi connectivity index (χ1) is 14.0. The SMILES string of the molecule is CN=C(NCc1ccc(C(N)=O)o1)NCc1ccc(C)cc1OCC1CCOC1.I. The zero-order chi connectivity index (χ0) is 20.6. The predicted molar refractivity (Wildman–Crippen MR) is 125 cm³/mol. The molecule has 1 atom stereocenters. The van der Waals surface area contributed by atoms with Gasteiger partial charge in [0, 0.05) is 31.7 Å². The van der Waals surface area contributed by atoms with Crippen molar-refractivity contribution in [3.63, 3.8) is 0 Å². The number of hydrogen-bond acceptors (Lipinski definition) is 5. The fourth-order valence-corrected chi connectivity index (χ4v) is 3.04. The number of furan rings is 1. The van der Waals surface area contributed by atoms with Gasteiger partial charge in [-0.25, -0.2) is 0 Å². The van der Waals surface area contributed by atoms with Crippen molar-refractivity contribution in [2.45, 2.75) is 26.4 Å². The molecule has 1 aromatic heterocycles. The summed E-state index contributed by atoms with van der Waals surface area (Å²) in [7, 11) is 1.69. The average Bonchev–Trinajstić information content (AvgIpc) is 3.39. The Morgan fingerprint density at radius 2 is 2.07 bits per heavy atom. The fourth-order valence-electron chi connectivity index (χ4n) is 3.04. The Hall–Kier alpha value is -2.27.